The summed E-state index contributed by atoms with van der Waals surface area (Å²) in [5.74, 6) is 0. The normalized spacial score (nSPS) is 21.4. The molecule has 7 heteroatoms. The lowest BCUT2D eigenvalue weighted by Crippen LogP contribution is -2.45. The first-order valence-corrected chi connectivity index (χ1v) is 9.41. The van der Waals surface area contributed by atoms with Crippen LogP contribution in [0.3, 0.4) is 0 Å². The Kier molecular flexibility index (Phi) is 3.71. The van der Waals surface area contributed by atoms with E-state index in [1.165, 1.54) is 0 Å². The first-order chi connectivity index (χ1) is 11.2. The van der Waals surface area contributed by atoms with E-state index in [-0.39, 0.29) is 0 Å². The van der Waals surface area contributed by atoms with Crippen molar-refractivity contribution in [1.29, 1.82) is 0 Å². The summed E-state index contributed by atoms with van der Waals surface area (Å²) < 4.78 is 27.5. The molecular weight excluding hydrogens is 312 g/mol. The third-order valence-corrected chi connectivity index (χ3v) is 6.76. The molecule has 0 aromatic carbocycles. The first-order valence-electron chi connectivity index (χ1n) is 7.97. The van der Waals surface area contributed by atoms with E-state index in [2.05, 4.69) is 27.0 Å². The van der Waals surface area contributed by atoms with Gasteiger partial charge in [0.15, 0.2) is 0 Å². The van der Waals surface area contributed by atoms with Crippen LogP contribution in [0.1, 0.15) is 12.8 Å². The van der Waals surface area contributed by atoms with Gasteiger partial charge < -0.3 is 4.98 Å². The summed E-state index contributed by atoms with van der Waals surface area (Å²) >= 11 is 0. The number of nitrogens with one attached hydrogen (secondary N) is 1. The molecule has 0 amide bonds. The topological polar surface area (TPSA) is 69.3 Å². The Labute approximate surface area is 135 Å². The maximum atomic E-state index is 12.9. The van der Waals surface area contributed by atoms with Gasteiger partial charge in [-0.05, 0) is 25.0 Å². The molecule has 1 saturated heterocycles. The number of fused-ring (bicyclic) bond motifs is 1. The zero-order chi connectivity index (χ0) is 15.9. The lowest BCUT2D eigenvalue weighted by molar-refractivity contribution is 0.173. The standard InChI is InChI=1S/C16H20N4O2S/c21-23(22,15-12-18-16-14(15)4-3-7-17-16)20-10-5-13(6-11-20)19-8-1-2-9-19/h1-4,7,12-13H,5-6,8-11H2,(H,17,18). The number of nitrogens with zero attached hydrogens (tertiary/aromatic N) is 3. The van der Waals surface area contributed by atoms with Crippen LogP contribution in [0, 0.1) is 0 Å². The Balaban J connectivity index is 1.53. The Morgan fingerprint density at radius 2 is 1.91 bits per heavy atom. The third kappa shape index (κ3) is 2.58. The van der Waals surface area contributed by atoms with Crippen LogP contribution in [-0.2, 0) is 10.0 Å². The van der Waals surface area contributed by atoms with Crippen molar-refractivity contribution < 1.29 is 8.42 Å². The van der Waals surface area contributed by atoms with Crippen molar-refractivity contribution in [2.75, 3.05) is 26.2 Å². The van der Waals surface area contributed by atoms with Gasteiger partial charge in [-0.25, -0.2) is 13.4 Å². The van der Waals surface area contributed by atoms with Gasteiger partial charge in [-0.1, -0.05) is 12.2 Å². The molecule has 4 rings (SSSR count). The predicted octanol–water partition coefficient (Wildman–Crippen LogP) is 1.59. The van der Waals surface area contributed by atoms with Crippen molar-refractivity contribution in [2.45, 2.75) is 23.8 Å². The van der Waals surface area contributed by atoms with Crippen molar-refractivity contribution in [2.24, 2.45) is 0 Å². The van der Waals surface area contributed by atoms with Crippen LogP contribution >= 0.6 is 0 Å². The van der Waals surface area contributed by atoms with E-state index in [0.29, 0.717) is 35.1 Å². The van der Waals surface area contributed by atoms with E-state index in [1.807, 2.05) is 0 Å². The van der Waals surface area contributed by atoms with Gasteiger partial charge in [-0.3, -0.25) is 4.90 Å². The molecule has 6 nitrogen and oxygen atoms in total. The number of H-pyrrole nitrogens is 1. The largest absolute Gasteiger partial charge is 0.345 e. The van der Waals surface area contributed by atoms with Crippen molar-refractivity contribution in [3.8, 4) is 0 Å². The molecule has 0 aliphatic carbocycles. The van der Waals surface area contributed by atoms with E-state index >= 15 is 0 Å². The number of hydrogen-bond acceptors (Lipinski definition) is 4. The fourth-order valence-corrected chi connectivity index (χ4v) is 5.14. The number of sulfonamides is 1. The van der Waals surface area contributed by atoms with Gasteiger partial charge in [0, 0.05) is 50.0 Å². The first kappa shape index (κ1) is 14.9. The molecule has 2 aliphatic heterocycles. The molecular formula is C16H20N4O2S. The summed E-state index contributed by atoms with van der Waals surface area (Å²) in [4.78, 5) is 9.88. The lowest BCUT2D eigenvalue weighted by atomic mass is 10.1. The second-order valence-electron chi connectivity index (χ2n) is 6.11. The minimum Gasteiger partial charge on any atom is -0.345 e. The molecule has 0 spiro atoms. The molecule has 1 N–H and O–H groups in total. The van der Waals surface area contributed by atoms with E-state index < -0.39 is 10.0 Å². The molecule has 4 heterocycles. The fraction of sp³-hybridized carbons (Fsp3) is 0.438. The summed E-state index contributed by atoms with van der Waals surface area (Å²) in [6, 6.07) is 4.05. The van der Waals surface area contributed by atoms with Crippen LogP contribution in [0.4, 0.5) is 0 Å². The molecule has 1 fully saturated rings. The van der Waals surface area contributed by atoms with E-state index in [1.54, 1.807) is 28.8 Å². The molecule has 0 saturated carbocycles. The summed E-state index contributed by atoms with van der Waals surface area (Å²) in [6.07, 6.45) is 9.36. The monoisotopic (exact) mass is 332 g/mol. The van der Waals surface area contributed by atoms with E-state index in [9.17, 15) is 8.42 Å². The SMILES string of the molecule is O=S(=O)(c1c[nH]c2ncccc12)N1CCC(N2CC=CC2)CC1. The molecule has 2 aliphatic rings. The Hall–Kier alpha value is -1.70. The molecule has 0 unspecified atom stereocenters. The van der Waals surface area contributed by atoms with Gasteiger partial charge >= 0.3 is 0 Å². The Morgan fingerprint density at radius 1 is 1.17 bits per heavy atom. The number of pyridine rings is 1. The number of piperidine rings is 1. The molecule has 23 heavy (non-hydrogen) atoms. The molecule has 122 valence electrons. The summed E-state index contributed by atoms with van der Waals surface area (Å²) in [6.45, 7) is 3.14. The maximum absolute atomic E-state index is 12.9. The number of aromatic nitrogens is 2. The average Bonchev–Trinajstić information content (AvgIpc) is 3.25. The summed E-state index contributed by atoms with van der Waals surface area (Å²) in [5.41, 5.74) is 0.615. The average molecular weight is 332 g/mol. The highest BCUT2D eigenvalue weighted by Gasteiger charge is 2.33. The van der Waals surface area contributed by atoms with E-state index in [4.69, 9.17) is 0 Å². The Morgan fingerprint density at radius 3 is 2.65 bits per heavy atom. The molecule has 0 radical (unpaired) electrons. The highest BCUT2D eigenvalue weighted by molar-refractivity contribution is 7.89. The van der Waals surface area contributed by atoms with Crippen LogP contribution in [0.15, 0.2) is 41.6 Å². The molecule has 2 aromatic rings. The highest BCUT2D eigenvalue weighted by Crippen LogP contribution is 2.28. The zero-order valence-corrected chi connectivity index (χ0v) is 13.7. The third-order valence-electron chi connectivity index (χ3n) is 4.82. The minimum absolute atomic E-state index is 0.335. The van der Waals surface area contributed by atoms with Crippen molar-refractivity contribution in [1.82, 2.24) is 19.2 Å². The Bertz CT molecular complexity index is 827. The molecule has 0 atom stereocenters. The second kappa shape index (κ2) is 5.74. The van der Waals surface area contributed by atoms with Crippen molar-refractivity contribution in [3.05, 3.63) is 36.7 Å². The second-order valence-corrected chi connectivity index (χ2v) is 8.02. The smallest absolute Gasteiger partial charge is 0.245 e. The van der Waals surface area contributed by atoms with Crippen molar-refractivity contribution in [3.63, 3.8) is 0 Å². The van der Waals surface area contributed by atoms with Crippen LogP contribution < -0.4 is 0 Å². The fourth-order valence-electron chi connectivity index (χ4n) is 3.52. The van der Waals surface area contributed by atoms with Crippen LogP contribution in [0.5, 0.6) is 0 Å². The number of hydrogen-bond donors (Lipinski definition) is 1. The van der Waals surface area contributed by atoms with Gasteiger partial charge in [0.1, 0.15) is 10.5 Å². The predicted molar refractivity (Wildman–Crippen MR) is 88.6 cm³/mol. The minimum atomic E-state index is -3.46. The zero-order valence-electron chi connectivity index (χ0n) is 12.9. The molecule has 2 aromatic heterocycles. The van der Waals surface area contributed by atoms with Crippen LogP contribution in [0.25, 0.3) is 11.0 Å². The van der Waals surface area contributed by atoms with Gasteiger partial charge in [-0.2, -0.15) is 4.31 Å². The highest BCUT2D eigenvalue weighted by atomic mass is 32.2. The quantitative estimate of drug-likeness (QED) is 0.867. The van der Waals surface area contributed by atoms with E-state index in [0.717, 1.165) is 25.9 Å². The van der Waals surface area contributed by atoms with Crippen LogP contribution in [-0.4, -0.2) is 59.8 Å². The summed E-state index contributed by atoms with van der Waals surface area (Å²) in [5, 5.41) is 0.665. The van der Waals surface area contributed by atoms with Crippen LogP contribution in [0.2, 0.25) is 0 Å². The van der Waals surface area contributed by atoms with Gasteiger partial charge in [-0.15, -0.1) is 0 Å². The van der Waals surface area contributed by atoms with Gasteiger partial charge in [0.25, 0.3) is 0 Å². The maximum Gasteiger partial charge on any atom is 0.245 e. The number of aromatic amines is 1. The van der Waals surface area contributed by atoms with Gasteiger partial charge in [0.2, 0.25) is 10.0 Å². The molecule has 0 bridgehead atoms. The lowest BCUT2D eigenvalue weighted by Gasteiger charge is -2.35. The van der Waals surface area contributed by atoms with Crippen molar-refractivity contribution >= 4 is 21.1 Å². The summed E-state index contributed by atoms with van der Waals surface area (Å²) in [7, 11) is -3.46. The van der Waals surface area contributed by atoms with Gasteiger partial charge in [0.05, 0.1) is 0 Å². The number of rotatable bonds is 3.